The lowest BCUT2D eigenvalue weighted by Gasteiger charge is -2.26. The molecular weight excluding hydrogens is 272 g/mol. The van der Waals surface area contributed by atoms with Gasteiger partial charge in [-0.25, -0.2) is 0 Å². The molecule has 0 saturated carbocycles. The van der Waals surface area contributed by atoms with Crippen LogP contribution in [0, 0.1) is 11.8 Å². The molecule has 0 aromatic carbocycles. The van der Waals surface area contributed by atoms with E-state index in [9.17, 15) is 19.5 Å². The topological polar surface area (TPSA) is 77.9 Å². The van der Waals surface area contributed by atoms with Crippen LogP contribution in [0.4, 0.5) is 0 Å². The van der Waals surface area contributed by atoms with Gasteiger partial charge in [-0.05, 0) is 33.1 Å². The highest BCUT2D eigenvalue weighted by Crippen LogP contribution is 2.43. The van der Waals surface area contributed by atoms with Crippen LogP contribution >= 0.6 is 0 Å². The number of nitrogens with zero attached hydrogens (tertiary/aromatic N) is 2. The van der Waals surface area contributed by atoms with Gasteiger partial charge >= 0.3 is 5.97 Å². The van der Waals surface area contributed by atoms with Gasteiger partial charge in [0.15, 0.2) is 0 Å². The summed E-state index contributed by atoms with van der Waals surface area (Å²) < 4.78 is 0. The van der Waals surface area contributed by atoms with Crippen molar-refractivity contribution in [1.82, 2.24) is 9.80 Å². The maximum absolute atomic E-state index is 12.7. The molecule has 3 aliphatic heterocycles. The highest BCUT2D eigenvalue weighted by molar-refractivity contribution is 5.90. The highest BCUT2D eigenvalue weighted by atomic mass is 16.4. The van der Waals surface area contributed by atoms with Gasteiger partial charge in [0.1, 0.15) is 0 Å². The third-order valence-corrected chi connectivity index (χ3v) is 5.24. The first kappa shape index (κ1) is 14.4. The molecule has 6 heteroatoms. The molecule has 3 heterocycles. The average Bonchev–Trinajstić information content (AvgIpc) is 3.09. The van der Waals surface area contributed by atoms with Crippen molar-refractivity contribution in [2.24, 2.45) is 11.8 Å². The number of carboxylic acids is 1. The summed E-state index contributed by atoms with van der Waals surface area (Å²) in [6.45, 7) is 4.37. The van der Waals surface area contributed by atoms with Crippen LogP contribution in [0.15, 0.2) is 0 Å². The Bertz CT molecular complexity index is 490. The lowest BCUT2D eigenvalue weighted by Crippen LogP contribution is -2.42. The first-order valence-corrected chi connectivity index (χ1v) is 7.74. The van der Waals surface area contributed by atoms with Gasteiger partial charge < -0.3 is 14.9 Å². The van der Waals surface area contributed by atoms with Gasteiger partial charge in [-0.2, -0.15) is 0 Å². The normalized spacial score (nSPS) is 35.1. The number of hydrogen-bond donors (Lipinski definition) is 1. The smallest absolute Gasteiger partial charge is 0.308 e. The number of aliphatic carboxylic acids is 1. The molecule has 0 spiro atoms. The van der Waals surface area contributed by atoms with Gasteiger partial charge in [-0.3, -0.25) is 14.4 Å². The Labute approximate surface area is 124 Å². The number of fused-ring (bicyclic) bond motifs is 2. The zero-order valence-electron chi connectivity index (χ0n) is 12.5. The van der Waals surface area contributed by atoms with Gasteiger partial charge in [-0.1, -0.05) is 0 Å². The van der Waals surface area contributed by atoms with E-state index in [1.54, 1.807) is 9.80 Å². The van der Waals surface area contributed by atoms with Gasteiger partial charge in [0, 0.05) is 31.1 Å². The summed E-state index contributed by atoms with van der Waals surface area (Å²) in [7, 11) is 0. The Kier molecular flexibility index (Phi) is 3.42. The molecule has 3 aliphatic rings. The van der Waals surface area contributed by atoms with E-state index in [1.807, 2.05) is 13.8 Å². The molecule has 116 valence electrons. The number of carbonyl (C=O) groups excluding carboxylic acids is 2. The van der Waals surface area contributed by atoms with Gasteiger partial charge in [0.2, 0.25) is 11.8 Å². The Morgan fingerprint density at radius 2 is 2.00 bits per heavy atom. The van der Waals surface area contributed by atoms with Crippen LogP contribution < -0.4 is 0 Å². The van der Waals surface area contributed by atoms with Crippen molar-refractivity contribution >= 4 is 17.8 Å². The van der Waals surface area contributed by atoms with Crippen molar-refractivity contribution < 1.29 is 19.5 Å². The molecule has 0 radical (unpaired) electrons. The van der Waals surface area contributed by atoms with Gasteiger partial charge in [0.25, 0.3) is 0 Å². The molecule has 3 saturated heterocycles. The van der Waals surface area contributed by atoms with Crippen LogP contribution in [0.3, 0.4) is 0 Å². The minimum Gasteiger partial charge on any atom is -0.481 e. The minimum atomic E-state index is -0.800. The molecule has 2 bridgehead atoms. The van der Waals surface area contributed by atoms with E-state index in [4.69, 9.17) is 0 Å². The second-order valence-electron chi connectivity index (χ2n) is 6.77. The summed E-state index contributed by atoms with van der Waals surface area (Å²) >= 11 is 0. The molecule has 0 aromatic rings. The van der Waals surface area contributed by atoms with Crippen molar-refractivity contribution in [1.29, 1.82) is 0 Å². The van der Waals surface area contributed by atoms with Crippen molar-refractivity contribution in [3.8, 4) is 0 Å². The fourth-order valence-corrected chi connectivity index (χ4v) is 4.20. The third-order valence-electron chi connectivity index (χ3n) is 5.24. The van der Waals surface area contributed by atoms with E-state index in [-0.39, 0.29) is 42.3 Å². The largest absolute Gasteiger partial charge is 0.481 e. The summed E-state index contributed by atoms with van der Waals surface area (Å²) in [6.07, 6.45) is 2.52. The zero-order valence-corrected chi connectivity index (χ0v) is 12.5. The summed E-state index contributed by atoms with van der Waals surface area (Å²) in [6, 6.07) is 0.00683. The monoisotopic (exact) mass is 294 g/mol. The van der Waals surface area contributed by atoms with Crippen LogP contribution in [-0.4, -0.2) is 57.4 Å². The molecule has 3 rings (SSSR count). The second kappa shape index (κ2) is 5.00. The quantitative estimate of drug-likeness (QED) is 0.831. The Balaban J connectivity index is 1.73. The molecule has 1 N–H and O–H groups in total. The lowest BCUT2D eigenvalue weighted by atomic mass is 9.89. The second-order valence-corrected chi connectivity index (χ2v) is 6.77. The van der Waals surface area contributed by atoms with E-state index in [0.29, 0.717) is 13.0 Å². The molecule has 0 aromatic heterocycles. The molecule has 2 amide bonds. The predicted octanol–water partition coefficient (Wildman–Crippen LogP) is 0.707. The predicted molar refractivity (Wildman–Crippen MR) is 74.4 cm³/mol. The molecule has 3 fully saturated rings. The van der Waals surface area contributed by atoms with E-state index in [1.165, 1.54) is 0 Å². The fourth-order valence-electron chi connectivity index (χ4n) is 4.20. The summed E-state index contributed by atoms with van der Waals surface area (Å²) in [4.78, 5) is 39.5. The van der Waals surface area contributed by atoms with Crippen LogP contribution in [0.2, 0.25) is 0 Å². The Morgan fingerprint density at radius 1 is 1.29 bits per heavy atom. The molecule has 4 unspecified atom stereocenters. The maximum atomic E-state index is 12.7. The lowest BCUT2D eigenvalue weighted by molar-refractivity contribution is -0.143. The summed E-state index contributed by atoms with van der Waals surface area (Å²) in [5.74, 6) is -1.50. The zero-order chi connectivity index (χ0) is 15.3. The first-order chi connectivity index (χ1) is 9.90. The molecular formula is C15H22N2O4. The first-order valence-electron chi connectivity index (χ1n) is 7.74. The van der Waals surface area contributed by atoms with Crippen molar-refractivity contribution in [2.75, 3.05) is 6.54 Å². The van der Waals surface area contributed by atoms with E-state index in [2.05, 4.69) is 0 Å². The number of carbonyl (C=O) groups is 3. The molecule has 4 atom stereocenters. The minimum absolute atomic E-state index is 0.0113. The number of likely N-dealkylation sites (tertiary alicyclic amines) is 1. The summed E-state index contributed by atoms with van der Waals surface area (Å²) in [5.41, 5.74) is 0. The van der Waals surface area contributed by atoms with Crippen LogP contribution in [0.1, 0.15) is 39.5 Å². The van der Waals surface area contributed by atoms with E-state index < -0.39 is 11.9 Å². The Hall–Kier alpha value is -1.59. The third kappa shape index (κ3) is 2.21. The van der Waals surface area contributed by atoms with Crippen molar-refractivity contribution in [2.45, 2.75) is 57.7 Å². The Morgan fingerprint density at radius 3 is 2.52 bits per heavy atom. The number of hydrogen-bond acceptors (Lipinski definition) is 3. The highest BCUT2D eigenvalue weighted by Gasteiger charge is 2.53. The molecule has 0 aliphatic carbocycles. The van der Waals surface area contributed by atoms with Crippen molar-refractivity contribution in [3.63, 3.8) is 0 Å². The van der Waals surface area contributed by atoms with Crippen LogP contribution in [-0.2, 0) is 14.4 Å². The standard InChI is InChI=1S/C15H22N2O4/c1-8(2)16-7-9(5-13(16)18)14(19)17-10-3-4-12(17)11(6-10)15(20)21/h8-12H,3-7H2,1-2H3,(H,20,21). The van der Waals surface area contributed by atoms with Gasteiger partial charge in [-0.15, -0.1) is 0 Å². The summed E-state index contributed by atoms with van der Waals surface area (Å²) in [5, 5.41) is 9.26. The number of rotatable bonds is 3. The maximum Gasteiger partial charge on any atom is 0.308 e. The SMILES string of the molecule is CC(C)N1CC(C(=O)N2C3CCC2C(C(=O)O)C3)CC1=O. The average molecular weight is 294 g/mol. The number of amides is 2. The van der Waals surface area contributed by atoms with Crippen LogP contribution in [0.5, 0.6) is 0 Å². The molecule has 21 heavy (non-hydrogen) atoms. The van der Waals surface area contributed by atoms with E-state index in [0.717, 1.165) is 12.8 Å². The fraction of sp³-hybridized carbons (Fsp3) is 0.800. The number of carboxylic acid groups (broad SMARTS) is 1. The van der Waals surface area contributed by atoms with Crippen molar-refractivity contribution in [3.05, 3.63) is 0 Å². The van der Waals surface area contributed by atoms with E-state index >= 15 is 0 Å². The van der Waals surface area contributed by atoms with Crippen LogP contribution in [0.25, 0.3) is 0 Å². The molecule has 6 nitrogen and oxygen atoms in total. The van der Waals surface area contributed by atoms with Gasteiger partial charge in [0.05, 0.1) is 11.8 Å².